The monoisotopic (exact) mass is 574 g/mol. The highest BCUT2D eigenvalue weighted by Crippen LogP contribution is 2.75. The van der Waals surface area contributed by atoms with Crippen molar-refractivity contribution < 1.29 is 39.2 Å². The maximum Gasteiger partial charge on any atom is 0.331 e. The number of allylic oxidation sites excluding steroid dienone is 2. The average molecular weight is 575 g/mol. The lowest BCUT2D eigenvalue weighted by Crippen LogP contribution is -2.72. The van der Waals surface area contributed by atoms with Crippen LogP contribution >= 0.6 is 0 Å². The van der Waals surface area contributed by atoms with E-state index in [2.05, 4.69) is 20.8 Å². The first-order chi connectivity index (χ1) is 19.0. The van der Waals surface area contributed by atoms with Crippen LogP contribution in [0.15, 0.2) is 22.8 Å². The van der Waals surface area contributed by atoms with Gasteiger partial charge in [0, 0.05) is 24.8 Å². The maximum absolute atomic E-state index is 12.8. The number of carbonyl (C=O) groups is 3. The number of fused-ring (bicyclic) bond motifs is 5. The number of carboxylic acid groups (broad SMARTS) is 1. The van der Waals surface area contributed by atoms with Crippen LogP contribution in [0.4, 0.5) is 0 Å². The Kier molecular flexibility index (Phi) is 8.63. The van der Waals surface area contributed by atoms with Crippen molar-refractivity contribution in [3.05, 3.63) is 22.8 Å². The normalized spacial score (nSPS) is 44.5. The predicted molar refractivity (Wildman–Crippen MR) is 153 cm³/mol. The molecule has 0 unspecified atom stereocenters. The molecule has 0 aliphatic heterocycles. The zero-order valence-corrected chi connectivity index (χ0v) is 26.0. The lowest BCUT2D eigenvalue weighted by Gasteiger charge is -2.70. The molecule has 8 nitrogen and oxygen atoms in total. The van der Waals surface area contributed by atoms with Gasteiger partial charge in [-0.25, -0.2) is 4.79 Å². The van der Waals surface area contributed by atoms with Crippen molar-refractivity contribution in [2.45, 2.75) is 125 Å². The zero-order chi connectivity index (χ0) is 30.7. The van der Waals surface area contributed by atoms with Crippen LogP contribution in [-0.2, 0) is 23.9 Å². The maximum atomic E-state index is 12.8. The summed E-state index contributed by atoms with van der Waals surface area (Å²) >= 11 is 0. The minimum absolute atomic E-state index is 0.0419. The second-order valence-electron chi connectivity index (χ2n) is 14.3. The van der Waals surface area contributed by atoms with Crippen LogP contribution in [0.25, 0.3) is 0 Å². The van der Waals surface area contributed by atoms with Gasteiger partial charge in [0.25, 0.3) is 0 Å². The number of aliphatic hydroxyl groups is 2. The molecule has 0 radical (unpaired) electrons. The lowest BCUT2D eigenvalue weighted by molar-refractivity contribution is -0.288. The molecule has 230 valence electrons. The summed E-state index contributed by atoms with van der Waals surface area (Å²) in [6.07, 6.45) is 3.07. The summed E-state index contributed by atoms with van der Waals surface area (Å²) in [6, 6.07) is 0. The first-order valence-electron chi connectivity index (χ1n) is 15.3. The Labute approximate surface area is 244 Å². The summed E-state index contributed by atoms with van der Waals surface area (Å²) in [7, 11) is 0. The number of carboxylic acids is 1. The Bertz CT molecular complexity index is 1140. The Hall–Kier alpha value is -2.19. The molecule has 4 rings (SSSR count). The van der Waals surface area contributed by atoms with E-state index in [0.717, 1.165) is 18.4 Å². The molecular weight excluding hydrogens is 524 g/mol. The predicted octanol–water partition coefficient (Wildman–Crippen LogP) is 5.21. The van der Waals surface area contributed by atoms with E-state index in [1.54, 1.807) is 0 Å². The smallest absolute Gasteiger partial charge is 0.331 e. The Morgan fingerprint density at radius 3 is 2.17 bits per heavy atom. The van der Waals surface area contributed by atoms with Gasteiger partial charge < -0.3 is 24.8 Å². The first-order valence-corrected chi connectivity index (χ1v) is 15.3. The van der Waals surface area contributed by atoms with Crippen LogP contribution in [-0.4, -0.2) is 57.6 Å². The lowest BCUT2D eigenvalue weighted by atomic mass is 9.35. The van der Waals surface area contributed by atoms with E-state index in [9.17, 15) is 29.7 Å². The summed E-state index contributed by atoms with van der Waals surface area (Å²) in [6.45, 7) is 15.1. The molecule has 0 aromatic heterocycles. The van der Waals surface area contributed by atoms with Crippen molar-refractivity contribution in [3.8, 4) is 0 Å². The van der Waals surface area contributed by atoms with Crippen LogP contribution in [0, 0.1) is 39.9 Å². The van der Waals surface area contributed by atoms with Gasteiger partial charge in [0.15, 0.2) is 0 Å². The van der Waals surface area contributed by atoms with Gasteiger partial charge in [-0.1, -0.05) is 39.3 Å². The van der Waals surface area contributed by atoms with E-state index in [1.807, 2.05) is 26.8 Å². The summed E-state index contributed by atoms with van der Waals surface area (Å²) in [4.78, 5) is 37.7. The van der Waals surface area contributed by atoms with Gasteiger partial charge in [0.1, 0.15) is 12.2 Å². The van der Waals surface area contributed by atoms with E-state index < -0.39 is 53.2 Å². The zero-order valence-electron chi connectivity index (χ0n) is 26.0. The number of hydrogen-bond acceptors (Lipinski definition) is 7. The number of aliphatic hydroxyl groups excluding tert-OH is 2. The molecule has 0 aromatic carbocycles. The molecule has 8 heteroatoms. The molecule has 4 fully saturated rings. The third-order valence-corrected chi connectivity index (χ3v) is 11.9. The standard InChI is InChI=1S/C33H50O8/c1-17(2)10-9-11-21(30(38)39)26-22-12-13-25-31(6)15-14-23(36)18(3)27(31)28(37)29(41-20(5)35)33(25,8)32(22,7)16-24(26)40-19(4)34/h10,18,22-25,27-29,36-37H,9,11-16H2,1-8H3,(H,38,39)/b26-21-/t18-,22+,23-,24+,25+,27-,28-,29+,31-,32+,33-/m1/s1. The van der Waals surface area contributed by atoms with Crippen LogP contribution in [0.2, 0.25) is 0 Å². The van der Waals surface area contributed by atoms with Gasteiger partial charge in [-0.05, 0) is 98.9 Å². The van der Waals surface area contributed by atoms with E-state index in [1.165, 1.54) is 13.8 Å². The molecule has 11 atom stereocenters. The Balaban J connectivity index is 1.92. The molecule has 0 saturated heterocycles. The molecule has 3 N–H and O–H groups in total. The SMILES string of the molecule is CC(=O)O[C@H]1C[C@@]2(C)[C@@H](CC[C@H]3[C@@]4(C)CC[C@@H](O)[C@@H](C)[C@@H]4[C@@H](O)[C@H](OC(C)=O)[C@@]32C)/C1=C(\CCC=C(C)C)C(=O)O. The number of ether oxygens (including phenoxy) is 2. The quantitative estimate of drug-likeness (QED) is 0.224. The highest BCUT2D eigenvalue weighted by Gasteiger charge is 2.74. The third-order valence-electron chi connectivity index (χ3n) is 11.9. The molecule has 41 heavy (non-hydrogen) atoms. The highest BCUT2D eigenvalue weighted by molar-refractivity contribution is 5.88. The summed E-state index contributed by atoms with van der Waals surface area (Å²) in [5.41, 5.74) is 0.390. The molecular formula is C33H50O8. The van der Waals surface area contributed by atoms with Crippen LogP contribution in [0.5, 0.6) is 0 Å². The van der Waals surface area contributed by atoms with Gasteiger partial charge in [-0.3, -0.25) is 9.59 Å². The molecule has 4 saturated carbocycles. The van der Waals surface area contributed by atoms with E-state index in [-0.39, 0.29) is 29.1 Å². The fraction of sp³-hybridized carbons (Fsp3) is 0.788. The van der Waals surface area contributed by atoms with Crippen LogP contribution < -0.4 is 0 Å². The number of hydrogen-bond donors (Lipinski definition) is 3. The van der Waals surface area contributed by atoms with Gasteiger partial charge in [0.2, 0.25) is 0 Å². The van der Waals surface area contributed by atoms with Crippen molar-refractivity contribution in [1.82, 2.24) is 0 Å². The van der Waals surface area contributed by atoms with E-state index in [4.69, 9.17) is 9.47 Å². The molecule has 0 heterocycles. The third kappa shape index (κ3) is 4.97. The fourth-order valence-electron chi connectivity index (χ4n) is 10.2. The van der Waals surface area contributed by atoms with E-state index >= 15 is 0 Å². The molecule has 0 amide bonds. The summed E-state index contributed by atoms with van der Waals surface area (Å²) in [5.74, 6) is -2.55. The van der Waals surface area contributed by atoms with Crippen LogP contribution in [0.1, 0.15) is 100 Å². The topological polar surface area (TPSA) is 130 Å². The summed E-state index contributed by atoms with van der Waals surface area (Å²) < 4.78 is 12.0. The number of carbonyl (C=O) groups excluding carboxylic acids is 2. The first kappa shape index (κ1) is 31.7. The number of rotatable bonds is 6. The Morgan fingerprint density at radius 2 is 1.61 bits per heavy atom. The minimum atomic E-state index is -1.00. The second-order valence-corrected chi connectivity index (χ2v) is 14.3. The largest absolute Gasteiger partial charge is 0.478 e. The fourth-order valence-corrected chi connectivity index (χ4v) is 10.2. The molecule has 0 aromatic rings. The van der Waals surface area contributed by atoms with Gasteiger partial charge in [-0.15, -0.1) is 0 Å². The Morgan fingerprint density at radius 1 is 0.976 bits per heavy atom. The second kappa shape index (κ2) is 11.1. The van der Waals surface area contributed by atoms with Gasteiger partial charge in [0.05, 0.1) is 12.2 Å². The molecule has 0 spiro atoms. The highest BCUT2D eigenvalue weighted by atomic mass is 16.6. The molecule has 0 bridgehead atoms. The summed E-state index contributed by atoms with van der Waals surface area (Å²) in [5, 5.41) is 33.3. The van der Waals surface area contributed by atoms with Crippen molar-refractivity contribution in [1.29, 1.82) is 0 Å². The van der Waals surface area contributed by atoms with Gasteiger partial charge >= 0.3 is 17.9 Å². The average Bonchev–Trinajstić information content (AvgIpc) is 3.13. The van der Waals surface area contributed by atoms with Crippen molar-refractivity contribution in [3.63, 3.8) is 0 Å². The van der Waals surface area contributed by atoms with Crippen LogP contribution in [0.3, 0.4) is 0 Å². The van der Waals surface area contributed by atoms with E-state index in [0.29, 0.717) is 43.3 Å². The number of aliphatic carboxylic acids is 1. The van der Waals surface area contributed by atoms with Crippen molar-refractivity contribution in [2.75, 3.05) is 0 Å². The number of esters is 2. The molecule has 4 aliphatic rings. The van der Waals surface area contributed by atoms with Crippen molar-refractivity contribution in [2.24, 2.45) is 39.9 Å². The minimum Gasteiger partial charge on any atom is -0.478 e. The molecule has 4 aliphatic carbocycles. The van der Waals surface area contributed by atoms with Gasteiger partial charge in [-0.2, -0.15) is 0 Å². The van der Waals surface area contributed by atoms with Crippen molar-refractivity contribution >= 4 is 17.9 Å².